The fourth-order valence-corrected chi connectivity index (χ4v) is 3.68. The quantitative estimate of drug-likeness (QED) is 0.890. The van der Waals surface area contributed by atoms with Crippen LogP contribution in [0.2, 0.25) is 0 Å². The van der Waals surface area contributed by atoms with Crippen molar-refractivity contribution in [1.29, 1.82) is 0 Å². The van der Waals surface area contributed by atoms with E-state index in [0.717, 1.165) is 41.8 Å². The number of hydrogen-bond donors (Lipinski definition) is 2. The molecular formula is C19H25N3O2. The number of benzene rings is 1. The zero-order valence-corrected chi connectivity index (χ0v) is 14.2. The molecule has 0 unspecified atom stereocenters. The zero-order valence-electron chi connectivity index (χ0n) is 14.2. The molecule has 1 aromatic carbocycles. The van der Waals surface area contributed by atoms with Crippen LogP contribution in [0.1, 0.15) is 25.3 Å². The molecule has 2 fully saturated rings. The van der Waals surface area contributed by atoms with E-state index < -0.39 is 0 Å². The molecule has 0 radical (unpaired) electrons. The van der Waals surface area contributed by atoms with Crippen LogP contribution in [0, 0.1) is 5.92 Å². The number of carbonyl (C=O) groups excluding carboxylic acids is 1. The molecule has 1 amide bonds. The summed E-state index contributed by atoms with van der Waals surface area (Å²) in [7, 11) is 0. The third kappa shape index (κ3) is 3.26. The summed E-state index contributed by atoms with van der Waals surface area (Å²) in [6, 6.07) is 6.91. The van der Waals surface area contributed by atoms with E-state index in [1.807, 2.05) is 18.2 Å². The lowest BCUT2D eigenvalue weighted by atomic mass is 10.1. The smallest absolute Gasteiger partial charge is 0.224 e. The van der Waals surface area contributed by atoms with E-state index in [0.29, 0.717) is 18.9 Å². The van der Waals surface area contributed by atoms with Crippen LogP contribution in [0.15, 0.2) is 30.5 Å². The van der Waals surface area contributed by atoms with Gasteiger partial charge in [-0.25, -0.2) is 0 Å². The number of nitrogens with one attached hydrogen (secondary N) is 2. The van der Waals surface area contributed by atoms with Gasteiger partial charge in [-0.05, 0) is 36.5 Å². The summed E-state index contributed by atoms with van der Waals surface area (Å²) < 4.78 is 5.59. The van der Waals surface area contributed by atoms with Crippen molar-refractivity contribution in [2.45, 2.75) is 38.3 Å². The summed E-state index contributed by atoms with van der Waals surface area (Å²) in [6.45, 7) is 8.72. The Balaban J connectivity index is 1.36. The van der Waals surface area contributed by atoms with Crippen LogP contribution >= 0.6 is 0 Å². The van der Waals surface area contributed by atoms with Gasteiger partial charge in [0.05, 0.1) is 12.1 Å². The van der Waals surface area contributed by atoms with Crippen LogP contribution in [0.5, 0.6) is 5.75 Å². The van der Waals surface area contributed by atoms with Gasteiger partial charge in [0.1, 0.15) is 12.4 Å². The summed E-state index contributed by atoms with van der Waals surface area (Å²) in [5.41, 5.74) is 2.72. The molecule has 1 saturated carbocycles. The molecule has 0 bridgehead atoms. The van der Waals surface area contributed by atoms with Crippen LogP contribution < -0.4 is 15.4 Å². The Labute approximate surface area is 143 Å². The van der Waals surface area contributed by atoms with Gasteiger partial charge < -0.3 is 15.4 Å². The molecule has 1 aromatic rings. The first-order valence-electron chi connectivity index (χ1n) is 8.82. The maximum absolute atomic E-state index is 12.4. The summed E-state index contributed by atoms with van der Waals surface area (Å²) in [4.78, 5) is 15.0. The minimum absolute atomic E-state index is 0.0972. The zero-order chi connectivity index (χ0) is 16.7. The molecule has 0 spiro atoms. The fourth-order valence-electron chi connectivity index (χ4n) is 3.68. The van der Waals surface area contributed by atoms with E-state index in [4.69, 9.17) is 4.74 Å². The lowest BCUT2D eigenvalue weighted by Crippen LogP contribution is -2.40. The van der Waals surface area contributed by atoms with Gasteiger partial charge >= 0.3 is 0 Å². The number of ether oxygens (including phenoxy) is 1. The Hall–Kier alpha value is -2.01. The molecular weight excluding hydrogens is 302 g/mol. The molecule has 128 valence electrons. The monoisotopic (exact) mass is 327 g/mol. The molecule has 24 heavy (non-hydrogen) atoms. The first-order valence-corrected chi connectivity index (χ1v) is 8.82. The Morgan fingerprint density at radius 3 is 3.04 bits per heavy atom. The number of carbonyl (C=O) groups is 1. The molecule has 3 aliphatic rings. The van der Waals surface area contributed by atoms with Gasteiger partial charge in [0.2, 0.25) is 5.91 Å². The predicted molar refractivity (Wildman–Crippen MR) is 94.1 cm³/mol. The highest BCUT2D eigenvalue weighted by atomic mass is 16.5. The highest BCUT2D eigenvalue weighted by Gasteiger charge is 2.38. The molecule has 2 heterocycles. The lowest BCUT2D eigenvalue weighted by molar-refractivity contribution is -0.121. The number of hydrogen-bond acceptors (Lipinski definition) is 4. The van der Waals surface area contributed by atoms with Gasteiger partial charge in [0.15, 0.2) is 0 Å². The van der Waals surface area contributed by atoms with Gasteiger partial charge in [0.25, 0.3) is 0 Å². The standard InChI is InChI=1S/C19H25N3O2/c1-12-9-22(15-4-5-15)10-17(12)21-19(23)8-14-3-6-18-16(7-14)20-13(2)11-24-18/h3,6-7,12,15,17,20H,2,4-5,8-11H2,1H3,(H,21,23)/t12-,17-/m0/s1. The van der Waals surface area contributed by atoms with E-state index in [-0.39, 0.29) is 11.9 Å². The number of fused-ring (bicyclic) bond motifs is 1. The normalized spacial score (nSPS) is 26.5. The first kappa shape index (κ1) is 15.5. The highest BCUT2D eigenvalue weighted by molar-refractivity contribution is 5.79. The van der Waals surface area contributed by atoms with Crippen molar-refractivity contribution in [2.75, 3.05) is 25.0 Å². The van der Waals surface area contributed by atoms with Gasteiger partial charge in [-0.2, -0.15) is 0 Å². The van der Waals surface area contributed by atoms with E-state index in [9.17, 15) is 4.79 Å². The van der Waals surface area contributed by atoms with Crippen LogP contribution in [0.3, 0.4) is 0 Å². The SMILES string of the molecule is C=C1COc2ccc(CC(=O)N[C@H]3CN(C4CC4)C[C@@H]3C)cc2N1. The number of rotatable bonds is 4. The molecule has 1 saturated heterocycles. The van der Waals surface area contributed by atoms with E-state index in [1.165, 1.54) is 12.8 Å². The second-order valence-electron chi connectivity index (χ2n) is 7.36. The Kier molecular flexibility index (Phi) is 3.96. The molecule has 4 rings (SSSR count). The number of nitrogens with zero attached hydrogens (tertiary/aromatic N) is 1. The first-order chi connectivity index (χ1) is 11.6. The third-order valence-electron chi connectivity index (χ3n) is 5.17. The van der Waals surface area contributed by atoms with Crippen LogP contribution in [0.4, 0.5) is 5.69 Å². The molecule has 2 N–H and O–H groups in total. The second-order valence-corrected chi connectivity index (χ2v) is 7.36. The maximum atomic E-state index is 12.4. The fraction of sp³-hybridized carbons (Fsp3) is 0.526. The predicted octanol–water partition coefficient (Wildman–Crippen LogP) is 2.15. The minimum Gasteiger partial charge on any atom is -0.485 e. The van der Waals surface area contributed by atoms with Gasteiger partial charge in [-0.15, -0.1) is 0 Å². The molecule has 2 atom stereocenters. The number of likely N-dealkylation sites (tertiary alicyclic amines) is 1. The molecule has 2 aliphatic heterocycles. The van der Waals surface area contributed by atoms with Crippen molar-refractivity contribution in [3.63, 3.8) is 0 Å². The summed E-state index contributed by atoms with van der Waals surface area (Å²) in [5, 5.41) is 6.45. The number of amides is 1. The largest absolute Gasteiger partial charge is 0.485 e. The van der Waals surface area contributed by atoms with Crippen molar-refractivity contribution in [3.05, 3.63) is 36.0 Å². The third-order valence-corrected chi connectivity index (χ3v) is 5.17. The molecule has 0 aromatic heterocycles. The minimum atomic E-state index is 0.0972. The van der Waals surface area contributed by atoms with Crippen LogP contribution in [-0.4, -0.2) is 42.6 Å². The van der Waals surface area contributed by atoms with Gasteiger partial charge in [-0.1, -0.05) is 19.6 Å². The van der Waals surface area contributed by atoms with Crippen molar-refractivity contribution in [2.24, 2.45) is 5.92 Å². The maximum Gasteiger partial charge on any atom is 0.224 e. The summed E-state index contributed by atoms with van der Waals surface area (Å²) >= 11 is 0. The molecule has 5 heteroatoms. The highest BCUT2D eigenvalue weighted by Crippen LogP contribution is 2.32. The topological polar surface area (TPSA) is 53.6 Å². The summed E-state index contributed by atoms with van der Waals surface area (Å²) in [5.74, 6) is 1.44. The Morgan fingerprint density at radius 2 is 2.25 bits per heavy atom. The van der Waals surface area contributed by atoms with Gasteiger partial charge in [-0.3, -0.25) is 9.69 Å². The second kappa shape index (κ2) is 6.13. The Bertz CT molecular complexity index is 669. The van der Waals surface area contributed by atoms with Crippen molar-refractivity contribution >= 4 is 11.6 Å². The summed E-state index contributed by atoms with van der Waals surface area (Å²) in [6.07, 6.45) is 3.04. The number of anilines is 1. The van der Waals surface area contributed by atoms with Crippen molar-refractivity contribution < 1.29 is 9.53 Å². The van der Waals surface area contributed by atoms with Crippen molar-refractivity contribution in [3.8, 4) is 5.75 Å². The molecule has 5 nitrogen and oxygen atoms in total. The van der Waals surface area contributed by atoms with Gasteiger partial charge in [0, 0.05) is 30.9 Å². The van der Waals surface area contributed by atoms with E-state index in [2.05, 4.69) is 29.0 Å². The average molecular weight is 327 g/mol. The molecule has 1 aliphatic carbocycles. The van der Waals surface area contributed by atoms with E-state index >= 15 is 0 Å². The lowest BCUT2D eigenvalue weighted by Gasteiger charge is -2.22. The van der Waals surface area contributed by atoms with Crippen molar-refractivity contribution in [1.82, 2.24) is 10.2 Å². The van der Waals surface area contributed by atoms with Crippen LogP contribution in [-0.2, 0) is 11.2 Å². The van der Waals surface area contributed by atoms with E-state index in [1.54, 1.807) is 0 Å². The van der Waals surface area contributed by atoms with Crippen LogP contribution in [0.25, 0.3) is 0 Å². The average Bonchev–Trinajstić information content (AvgIpc) is 3.32. The Morgan fingerprint density at radius 1 is 1.42 bits per heavy atom.